The molecule has 88 valence electrons. The minimum Gasteiger partial charge on any atom is -0.271 e. The van der Waals surface area contributed by atoms with Crippen LogP contribution >= 0.6 is 22.9 Å². The molecule has 3 N–H and O–H groups in total. The van der Waals surface area contributed by atoms with Crippen LogP contribution < -0.4 is 11.3 Å². The van der Waals surface area contributed by atoms with Crippen LogP contribution in [0.4, 0.5) is 0 Å². The summed E-state index contributed by atoms with van der Waals surface area (Å²) in [7, 11) is 0. The first-order chi connectivity index (χ1) is 7.76. The number of thiophene rings is 1. The highest BCUT2D eigenvalue weighted by atomic mass is 35.5. The molecule has 0 spiro atoms. The molecule has 0 aliphatic heterocycles. The molecule has 0 amide bonds. The molecule has 2 fully saturated rings. The van der Waals surface area contributed by atoms with Crippen molar-refractivity contribution < 1.29 is 0 Å². The average molecular weight is 257 g/mol. The van der Waals surface area contributed by atoms with Crippen LogP contribution in [0.2, 0.25) is 4.34 Å². The van der Waals surface area contributed by atoms with Crippen LogP contribution in [-0.4, -0.2) is 6.04 Å². The molecular formula is C12H17ClN2S. The zero-order chi connectivity index (χ0) is 11.1. The zero-order valence-electron chi connectivity index (χ0n) is 9.16. The maximum Gasteiger partial charge on any atom is 0.0931 e. The molecule has 3 unspecified atom stereocenters. The lowest BCUT2D eigenvalue weighted by atomic mass is 9.92. The molecular weight excluding hydrogens is 240 g/mol. The summed E-state index contributed by atoms with van der Waals surface area (Å²) in [6, 6.07) is 4.52. The third kappa shape index (κ3) is 2.14. The predicted molar refractivity (Wildman–Crippen MR) is 68.5 cm³/mol. The van der Waals surface area contributed by atoms with Crippen LogP contribution in [-0.2, 0) is 6.42 Å². The first-order valence-electron chi connectivity index (χ1n) is 5.96. The molecule has 0 aromatic carbocycles. The van der Waals surface area contributed by atoms with E-state index in [1.165, 1.54) is 24.1 Å². The van der Waals surface area contributed by atoms with Gasteiger partial charge in [-0.05, 0) is 55.6 Å². The fourth-order valence-corrected chi connectivity index (χ4v) is 4.28. The fourth-order valence-electron chi connectivity index (χ4n) is 3.13. The van der Waals surface area contributed by atoms with E-state index in [9.17, 15) is 0 Å². The minimum absolute atomic E-state index is 0.433. The van der Waals surface area contributed by atoms with E-state index in [0.717, 1.165) is 28.5 Å². The van der Waals surface area contributed by atoms with E-state index in [1.807, 2.05) is 6.07 Å². The van der Waals surface area contributed by atoms with Crippen LogP contribution in [0.3, 0.4) is 0 Å². The van der Waals surface area contributed by atoms with E-state index in [1.54, 1.807) is 11.3 Å². The highest BCUT2D eigenvalue weighted by Gasteiger charge is 2.47. The minimum atomic E-state index is 0.433. The van der Waals surface area contributed by atoms with Gasteiger partial charge in [-0.1, -0.05) is 11.6 Å². The summed E-state index contributed by atoms with van der Waals surface area (Å²) < 4.78 is 0.875. The molecule has 0 bridgehead atoms. The topological polar surface area (TPSA) is 38.0 Å². The third-order valence-corrected chi connectivity index (χ3v) is 5.37. The molecule has 3 rings (SSSR count). The highest BCUT2D eigenvalue weighted by molar-refractivity contribution is 7.16. The molecule has 2 nitrogen and oxygen atoms in total. The van der Waals surface area contributed by atoms with Crippen LogP contribution in [0, 0.1) is 17.8 Å². The van der Waals surface area contributed by atoms with Gasteiger partial charge in [-0.25, -0.2) is 0 Å². The molecule has 2 aliphatic rings. The van der Waals surface area contributed by atoms with Gasteiger partial charge in [0.05, 0.1) is 4.34 Å². The molecule has 1 aromatic heterocycles. The molecule has 0 radical (unpaired) electrons. The summed E-state index contributed by atoms with van der Waals surface area (Å²) in [5.74, 6) is 8.50. The molecule has 1 heterocycles. The van der Waals surface area contributed by atoms with Crippen molar-refractivity contribution in [3.8, 4) is 0 Å². The van der Waals surface area contributed by atoms with Crippen LogP contribution in [0.1, 0.15) is 24.1 Å². The Balaban J connectivity index is 1.62. The van der Waals surface area contributed by atoms with Gasteiger partial charge in [0.15, 0.2) is 0 Å². The summed E-state index contributed by atoms with van der Waals surface area (Å²) in [4.78, 5) is 1.34. The Morgan fingerprint density at radius 2 is 2.12 bits per heavy atom. The van der Waals surface area contributed by atoms with E-state index in [2.05, 4.69) is 11.5 Å². The van der Waals surface area contributed by atoms with Gasteiger partial charge in [-0.3, -0.25) is 11.3 Å². The van der Waals surface area contributed by atoms with Gasteiger partial charge < -0.3 is 0 Å². The summed E-state index contributed by atoms with van der Waals surface area (Å²) in [5, 5.41) is 0. The van der Waals surface area contributed by atoms with E-state index < -0.39 is 0 Å². The van der Waals surface area contributed by atoms with Crippen molar-refractivity contribution in [2.24, 2.45) is 23.6 Å². The number of hydrogen-bond acceptors (Lipinski definition) is 3. The molecule has 2 aliphatic carbocycles. The first kappa shape index (κ1) is 11.0. The average Bonchev–Trinajstić information content (AvgIpc) is 2.71. The second kappa shape index (κ2) is 4.30. The van der Waals surface area contributed by atoms with Gasteiger partial charge >= 0.3 is 0 Å². The van der Waals surface area contributed by atoms with E-state index in [-0.39, 0.29) is 0 Å². The Labute approximate surface area is 105 Å². The summed E-state index contributed by atoms with van der Waals surface area (Å²) in [6.45, 7) is 0. The summed E-state index contributed by atoms with van der Waals surface area (Å²) >= 11 is 7.62. The van der Waals surface area contributed by atoms with Crippen molar-refractivity contribution in [1.82, 2.24) is 5.43 Å². The number of halogens is 1. The third-order valence-electron chi connectivity index (χ3n) is 4.11. The van der Waals surface area contributed by atoms with Gasteiger partial charge in [0.2, 0.25) is 0 Å². The fraction of sp³-hybridized carbons (Fsp3) is 0.667. The molecule has 0 saturated heterocycles. The van der Waals surface area contributed by atoms with Crippen molar-refractivity contribution in [2.45, 2.75) is 31.7 Å². The van der Waals surface area contributed by atoms with E-state index in [0.29, 0.717) is 6.04 Å². The standard InChI is InChI=1S/C12H17ClN2S/c13-12-2-1-10(16-12)6-11(15-14)9-4-7-3-8(7)5-9/h1-2,7-9,11,15H,3-6,14H2. The Bertz CT molecular complexity index is 369. The highest BCUT2D eigenvalue weighted by Crippen LogP contribution is 2.55. The second-order valence-corrected chi connectivity index (χ2v) is 6.97. The molecule has 16 heavy (non-hydrogen) atoms. The lowest BCUT2D eigenvalue weighted by Gasteiger charge is -2.23. The van der Waals surface area contributed by atoms with E-state index in [4.69, 9.17) is 17.4 Å². The number of hydrogen-bond donors (Lipinski definition) is 2. The van der Waals surface area contributed by atoms with Gasteiger partial charge in [-0.2, -0.15) is 0 Å². The smallest absolute Gasteiger partial charge is 0.0931 e. The molecule has 2 saturated carbocycles. The number of fused-ring (bicyclic) bond motifs is 1. The number of nitrogens with two attached hydrogens (primary N) is 1. The number of hydrazine groups is 1. The summed E-state index contributed by atoms with van der Waals surface area (Å²) in [6.07, 6.45) is 5.24. The van der Waals surface area contributed by atoms with Gasteiger partial charge in [0, 0.05) is 10.9 Å². The van der Waals surface area contributed by atoms with Gasteiger partial charge in [-0.15, -0.1) is 11.3 Å². The molecule has 1 aromatic rings. The predicted octanol–water partition coefficient (Wildman–Crippen LogP) is 2.82. The lowest BCUT2D eigenvalue weighted by Crippen LogP contribution is -2.41. The van der Waals surface area contributed by atoms with Gasteiger partial charge in [0.1, 0.15) is 0 Å². The Hall–Kier alpha value is -0.0900. The summed E-state index contributed by atoms with van der Waals surface area (Å²) in [5.41, 5.74) is 3.01. The maximum absolute atomic E-state index is 5.94. The normalized spacial score (nSPS) is 33.8. The quantitative estimate of drug-likeness (QED) is 0.642. The van der Waals surface area contributed by atoms with Crippen molar-refractivity contribution in [2.75, 3.05) is 0 Å². The molecule has 3 atom stereocenters. The Kier molecular flexibility index (Phi) is 2.96. The van der Waals surface area contributed by atoms with Crippen molar-refractivity contribution >= 4 is 22.9 Å². The molecule has 4 heteroatoms. The largest absolute Gasteiger partial charge is 0.271 e. The van der Waals surface area contributed by atoms with Crippen molar-refractivity contribution in [3.63, 3.8) is 0 Å². The van der Waals surface area contributed by atoms with Gasteiger partial charge in [0.25, 0.3) is 0 Å². The van der Waals surface area contributed by atoms with Crippen molar-refractivity contribution in [1.29, 1.82) is 0 Å². The number of nitrogens with one attached hydrogen (secondary N) is 1. The Morgan fingerprint density at radius 3 is 2.69 bits per heavy atom. The lowest BCUT2D eigenvalue weighted by molar-refractivity contribution is 0.337. The SMILES string of the molecule is NNC(Cc1ccc(Cl)s1)C1CC2CC2C1. The zero-order valence-corrected chi connectivity index (χ0v) is 10.7. The number of rotatable bonds is 4. The van der Waals surface area contributed by atoms with Crippen LogP contribution in [0.15, 0.2) is 12.1 Å². The Morgan fingerprint density at radius 1 is 1.38 bits per heavy atom. The van der Waals surface area contributed by atoms with Crippen LogP contribution in [0.25, 0.3) is 0 Å². The van der Waals surface area contributed by atoms with Crippen molar-refractivity contribution in [3.05, 3.63) is 21.3 Å². The second-order valence-electron chi connectivity index (χ2n) is 5.17. The first-order valence-corrected chi connectivity index (χ1v) is 7.16. The van der Waals surface area contributed by atoms with E-state index >= 15 is 0 Å². The monoisotopic (exact) mass is 256 g/mol. The maximum atomic E-state index is 5.94. The van der Waals surface area contributed by atoms with Crippen LogP contribution in [0.5, 0.6) is 0 Å².